The molecule has 0 saturated carbocycles. The Morgan fingerprint density at radius 3 is 2.44 bits per heavy atom. The van der Waals surface area contributed by atoms with Gasteiger partial charge >= 0.3 is 0 Å². The molecule has 5 rings (SSSR count). The van der Waals surface area contributed by atoms with Crippen LogP contribution in [0.4, 0.5) is 11.6 Å². The van der Waals surface area contributed by atoms with Crippen LogP contribution in [0.5, 0.6) is 0 Å². The zero-order chi connectivity index (χ0) is 25.1. The molecule has 0 aliphatic carbocycles. The SMILES string of the molecule is Cc1cccc(C)c1-c1cc(C)c2nc(Nc3ccc(=O)n(CCCN4CCCCC4)c3)nnc2c1. The third-order valence-electron chi connectivity index (χ3n) is 7.08. The number of hydrogen-bond donors (Lipinski definition) is 1. The molecule has 7 heteroatoms. The number of aromatic nitrogens is 4. The van der Waals surface area contributed by atoms with Gasteiger partial charge in [-0.2, -0.15) is 0 Å². The molecule has 0 spiro atoms. The van der Waals surface area contributed by atoms with E-state index in [0.717, 1.165) is 40.8 Å². The van der Waals surface area contributed by atoms with Crippen LogP contribution in [0, 0.1) is 20.8 Å². The molecular formula is C29H34N6O. The fraction of sp³-hybridized carbons (Fsp3) is 0.379. The van der Waals surface area contributed by atoms with Gasteiger partial charge in [0.2, 0.25) is 5.95 Å². The Hall–Kier alpha value is -3.58. The fourth-order valence-corrected chi connectivity index (χ4v) is 5.24. The molecule has 1 aliphatic rings. The first kappa shape index (κ1) is 24.1. The standard InChI is InChI=1S/C29H34N6O/c1-20-9-7-10-21(2)27(20)23-17-22(3)28-25(18-23)32-33-29(31-28)30-24-11-12-26(36)35(19-24)16-8-15-34-13-5-4-6-14-34/h7,9-12,17-19H,4-6,8,13-16H2,1-3H3,(H,30,31,33). The highest BCUT2D eigenvalue weighted by atomic mass is 16.1. The van der Waals surface area contributed by atoms with Crippen LogP contribution in [-0.2, 0) is 6.54 Å². The van der Waals surface area contributed by atoms with Gasteiger partial charge in [0.15, 0.2) is 0 Å². The summed E-state index contributed by atoms with van der Waals surface area (Å²) in [4.78, 5) is 19.6. The first-order chi connectivity index (χ1) is 17.5. The molecule has 7 nitrogen and oxygen atoms in total. The summed E-state index contributed by atoms with van der Waals surface area (Å²) in [5, 5.41) is 12.0. The Kier molecular flexibility index (Phi) is 7.09. The van der Waals surface area contributed by atoms with Crippen molar-refractivity contribution in [2.24, 2.45) is 0 Å². The molecule has 36 heavy (non-hydrogen) atoms. The second-order valence-corrected chi connectivity index (χ2v) is 9.89. The molecule has 1 saturated heterocycles. The molecule has 0 amide bonds. The molecule has 0 bridgehead atoms. The second-order valence-electron chi connectivity index (χ2n) is 9.89. The Labute approximate surface area is 212 Å². The van der Waals surface area contributed by atoms with E-state index in [9.17, 15) is 4.79 Å². The smallest absolute Gasteiger partial charge is 0.250 e. The summed E-state index contributed by atoms with van der Waals surface area (Å²) in [5.74, 6) is 0.420. The fourth-order valence-electron chi connectivity index (χ4n) is 5.24. The molecule has 1 fully saturated rings. The van der Waals surface area contributed by atoms with Crippen LogP contribution in [0.15, 0.2) is 53.5 Å². The monoisotopic (exact) mass is 482 g/mol. The van der Waals surface area contributed by atoms with E-state index in [-0.39, 0.29) is 5.56 Å². The minimum atomic E-state index is 0.00613. The van der Waals surface area contributed by atoms with Crippen LogP contribution in [0.3, 0.4) is 0 Å². The van der Waals surface area contributed by atoms with Crippen LogP contribution in [0.2, 0.25) is 0 Å². The van der Waals surface area contributed by atoms with Crippen molar-refractivity contribution >= 4 is 22.7 Å². The number of benzene rings is 2. The zero-order valence-electron chi connectivity index (χ0n) is 21.4. The maximum absolute atomic E-state index is 12.4. The number of hydrogen-bond acceptors (Lipinski definition) is 6. The number of nitrogens with one attached hydrogen (secondary N) is 1. The molecule has 186 valence electrons. The topological polar surface area (TPSA) is 75.9 Å². The third-order valence-corrected chi connectivity index (χ3v) is 7.08. The van der Waals surface area contributed by atoms with Crippen LogP contribution >= 0.6 is 0 Å². The summed E-state index contributed by atoms with van der Waals surface area (Å²) in [6.45, 7) is 10.4. The van der Waals surface area contributed by atoms with Crippen molar-refractivity contribution in [2.45, 2.75) is 53.0 Å². The first-order valence-electron chi connectivity index (χ1n) is 12.9. The number of pyridine rings is 1. The molecule has 0 unspecified atom stereocenters. The zero-order valence-corrected chi connectivity index (χ0v) is 21.4. The summed E-state index contributed by atoms with van der Waals surface area (Å²) in [7, 11) is 0. The van der Waals surface area contributed by atoms with Crippen molar-refractivity contribution in [3.8, 4) is 11.1 Å². The Morgan fingerprint density at radius 1 is 0.889 bits per heavy atom. The number of likely N-dealkylation sites (tertiary alicyclic amines) is 1. The van der Waals surface area contributed by atoms with Crippen molar-refractivity contribution in [1.82, 2.24) is 24.6 Å². The predicted molar refractivity (Wildman–Crippen MR) is 146 cm³/mol. The van der Waals surface area contributed by atoms with Gasteiger partial charge in [-0.1, -0.05) is 24.6 Å². The van der Waals surface area contributed by atoms with Gasteiger partial charge in [-0.3, -0.25) is 4.79 Å². The lowest BCUT2D eigenvalue weighted by Gasteiger charge is -2.26. The van der Waals surface area contributed by atoms with Gasteiger partial charge in [0, 0.05) is 18.8 Å². The van der Waals surface area contributed by atoms with Crippen LogP contribution in [0.25, 0.3) is 22.2 Å². The van der Waals surface area contributed by atoms with Crippen molar-refractivity contribution in [2.75, 3.05) is 25.0 Å². The van der Waals surface area contributed by atoms with E-state index in [0.29, 0.717) is 12.5 Å². The quantitative estimate of drug-likeness (QED) is 0.380. The van der Waals surface area contributed by atoms with Crippen molar-refractivity contribution in [3.63, 3.8) is 0 Å². The molecule has 0 radical (unpaired) electrons. The van der Waals surface area contributed by atoms with Crippen molar-refractivity contribution < 1.29 is 0 Å². The van der Waals surface area contributed by atoms with Crippen LogP contribution < -0.4 is 10.9 Å². The molecule has 1 aliphatic heterocycles. The van der Waals surface area contributed by atoms with Gasteiger partial charge in [0.1, 0.15) is 5.52 Å². The summed E-state index contributed by atoms with van der Waals surface area (Å²) < 4.78 is 1.77. The number of aryl methyl sites for hydroxylation is 4. The van der Waals surface area contributed by atoms with E-state index in [1.807, 2.05) is 6.20 Å². The number of piperidine rings is 1. The van der Waals surface area contributed by atoms with Crippen molar-refractivity contribution in [1.29, 1.82) is 0 Å². The largest absolute Gasteiger partial charge is 0.322 e. The van der Waals surface area contributed by atoms with E-state index in [1.165, 1.54) is 49.0 Å². The molecule has 4 aromatic rings. The second kappa shape index (κ2) is 10.6. The summed E-state index contributed by atoms with van der Waals surface area (Å²) >= 11 is 0. The van der Waals surface area contributed by atoms with E-state index < -0.39 is 0 Å². The molecular weight excluding hydrogens is 448 g/mol. The lowest BCUT2D eigenvalue weighted by Crippen LogP contribution is -2.31. The van der Waals surface area contributed by atoms with Crippen LogP contribution in [0.1, 0.15) is 42.4 Å². The van der Waals surface area contributed by atoms with Gasteiger partial charge < -0.3 is 14.8 Å². The molecule has 3 heterocycles. The number of nitrogens with zero attached hydrogens (tertiary/aromatic N) is 5. The van der Waals surface area contributed by atoms with E-state index in [1.54, 1.807) is 16.7 Å². The minimum Gasteiger partial charge on any atom is -0.322 e. The predicted octanol–water partition coefficient (Wildman–Crippen LogP) is 5.40. The van der Waals surface area contributed by atoms with E-state index >= 15 is 0 Å². The summed E-state index contributed by atoms with van der Waals surface area (Å²) in [5.41, 5.74) is 8.24. The molecule has 2 aromatic heterocycles. The van der Waals surface area contributed by atoms with Crippen molar-refractivity contribution in [3.05, 3.63) is 75.7 Å². The minimum absolute atomic E-state index is 0.00613. The normalized spacial score (nSPS) is 14.3. The average Bonchev–Trinajstić information content (AvgIpc) is 2.87. The van der Waals surface area contributed by atoms with E-state index in [2.05, 4.69) is 71.5 Å². The van der Waals surface area contributed by atoms with Gasteiger partial charge in [0.25, 0.3) is 5.56 Å². The van der Waals surface area contributed by atoms with Gasteiger partial charge in [-0.15, -0.1) is 10.2 Å². The Balaban J connectivity index is 1.33. The highest BCUT2D eigenvalue weighted by molar-refractivity contribution is 5.86. The number of rotatable bonds is 7. The van der Waals surface area contributed by atoms with Gasteiger partial charge in [-0.25, -0.2) is 4.98 Å². The molecule has 0 atom stereocenters. The maximum Gasteiger partial charge on any atom is 0.250 e. The highest BCUT2D eigenvalue weighted by Crippen LogP contribution is 2.31. The first-order valence-corrected chi connectivity index (χ1v) is 12.9. The third kappa shape index (κ3) is 5.31. The molecule has 1 N–H and O–H groups in total. The summed E-state index contributed by atoms with van der Waals surface area (Å²) in [6, 6.07) is 13.9. The highest BCUT2D eigenvalue weighted by Gasteiger charge is 2.12. The lowest BCUT2D eigenvalue weighted by molar-refractivity contribution is 0.222. The van der Waals surface area contributed by atoms with Gasteiger partial charge in [-0.05, 0) is 106 Å². The molecule has 2 aromatic carbocycles. The summed E-state index contributed by atoms with van der Waals surface area (Å²) in [6.07, 6.45) is 6.71. The van der Waals surface area contributed by atoms with Crippen LogP contribution in [-0.4, -0.2) is 44.3 Å². The number of fused-ring (bicyclic) bond motifs is 1. The lowest BCUT2D eigenvalue weighted by atomic mass is 9.94. The Morgan fingerprint density at radius 2 is 1.67 bits per heavy atom. The maximum atomic E-state index is 12.4. The Bertz CT molecular complexity index is 1420. The van der Waals surface area contributed by atoms with E-state index in [4.69, 9.17) is 4.98 Å². The van der Waals surface area contributed by atoms with Gasteiger partial charge in [0.05, 0.1) is 11.2 Å². The average molecular weight is 483 g/mol. The number of anilines is 2.